The summed E-state index contributed by atoms with van der Waals surface area (Å²) in [4.78, 5) is 12.9. The molecule has 1 heterocycles. The summed E-state index contributed by atoms with van der Waals surface area (Å²) in [5.41, 5.74) is 4.84. The zero-order chi connectivity index (χ0) is 17.1. The highest BCUT2D eigenvalue weighted by Gasteiger charge is 2.41. The highest BCUT2D eigenvalue weighted by atomic mass is 32.2. The first-order chi connectivity index (χ1) is 9.92. The minimum absolute atomic E-state index is 0.249. The number of halogens is 3. The Balaban J connectivity index is 2.90. The fourth-order valence-electron chi connectivity index (χ4n) is 2.58. The molecule has 0 aromatic carbocycles. The van der Waals surface area contributed by atoms with E-state index in [-0.39, 0.29) is 6.04 Å². The predicted molar refractivity (Wildman–Crippen MR) is 75.5 cm³/mol. The van der Waals surface area contributed by atoms with Crippen molar-refractivity contribution in [1.29, 1.82) is 0 Å². The number of nitrogens with zero attached hydrogens (tertiary/aromatic N) is 2. The molecule has 1 fully saturated rings. The third-order valence-electron chi connectivity index (χ3n) is 3.65. The summed E-state index contributed by atoms with van der Waals surface area (Å²) in [6.07, 6.45) is -4.07. The van der Waals surface area contributed by atoms with Crippen LogP contribution in [0.15, 0.2) is 0 Å². The van der Waals surface area contributed by atoms with Crippen LogP contribution in [0.3, 0.4) is 0 Å². The molecule has 1 saturated heterocycles. The maximum atomic E-state index is 12.7. The minimum atomic E-state index is -4.67. The Bertz CT molecular complexity index is 486. The number of primary amides is 1. The lowest BCUT2D eigenvalue weighted by molar-refractivity contribution is -0.141. The van der Waals surface area contributed by atoms with Crippen LogP contribution in [0.2, 0.25) is 0 Å². The van der Waals surface area contributed by atoms with Gasteiger partial charge in [-0.25, -0.2) is 8.42 Å². The lowest BCUT2D eigenvalue weighted by atomic mass is 10.0. The number of carbonyl (C=O) groups is 1. The summed E-state index contributed by atoms with van der Waals surface area (Å²) >= 11 is 0. The van der Waals surface area contributed by atoms with Crippen molar-refractivity contribution >= 4 is 15.9 Å². The van der Waals surface area contributed by atoms with Gasteiger partial charge in [0.2, 0.25) is 15.9 Å². The Hall–Kier alpha value is -0.870. The normalized spacial score (nSPS) is 19.0. The van der Waals surface area contributed by atoms with Gasteiger partial charge < -0.3 is 10.6 Å². The second-order valence-electron chi connectivity index (χ2n) is 5.74. The molecule has 1 aliphatic heterocycles. The molecule has 0 aliphatic carbocycles. The minimum Gasteiger partial charge on any atom is -0.369 e. The van der Waals surface area contributed by atoms with E-state index in [4.69, 9.17) is 5.73 Å². The molecule has 0 spiro atoms. The number of amides is 1. The molecular weight excluding hydrogens is 323 g/mol. The molecule has 0 radical (unpaired) electrons. The SMILES string of the molecule is CC(C)N1CCC(N(CC(F)(F)F)S(=O)(=O)CC(N)=O)CC1. The third kappa shape index (κ3) is 5.73. The van der Waals surface area contributed by atoms with Crippen LogP contribution < -0.4 is 5.73 Å². The number of sulfonamides is 1. The number of hydrogen-bond acceptors (Lipinski definition) is 4. The summed E-state index contributed by atoms with van der Waals surface area (Å²) < 4.78 is 62.6. The van der Waals surface area contributed by atoms with E-state index < -0.39 is 40.4 Å². The van der Waals surface area contributed by atoms with E-state index in [0.29, 0.717) is 30.2 Å². The number of likely N-dealkylation sites (tertiary alicyclic amines) is 1. The van der Waals surface area contributed by atoms with E-state index in [0.717, 1.165) is 0 Å². The quantitative estimate of drug-likeness (QED) is 0.761. The highest BCUT2D eigenvalue weighted by Crippen LogP contribution is 2.26. The van der Waals surface area contributed by atoms with Crippen molar-refractivity contribution in [2.24, 2.45) is 5.73 Å². The van der Waals surface area contributed by atoms with E-state index >= 15 is 0 Å². The molecule has 2 N–H and O–H groups in total. The van der Waals surface area contributed by atoms with Crippen molar-refractivity contribution in [3.8, 4) is 0 Å². The molecule has 0 unspecified atom stereocenters. The topological polar surface area (TPSA) is 83.7 Å². The van der Waals surface area contributed by atoms with Crippen molar-refractivity contribution in [2.75, 3.05) is 25.4 Å². The van der Waals surface area contributed by atoms with Gasteiger partial charge in [0.1, 0.15) is 12.3 Å². The second kappa shape index (κ2) is 7.14. The van der Waals surface area contributed by atoms with Crippen LogP contribution >= 0.6 is 0 Å². The zero-order valence-corrected chi connectivity index (χ0v) is 13.5. The fourth-order valence-corrected chi connectivity index (χ4v) is 4.12. The largest absolute Gasteiger partial charge is 0.402 e. The summed E-state index contributed by atoms with van der Waals surface area (Å²) in [5, 5.41) is 0. The van der Waals surface area contributed by atoms with Crippen LogP contribution in [-0.2, 0) is 14.8 Å². The molecule has 1 amide bonds. The molecule has 0 aromatic rings. The average molecular weight is 345 g/mol. The molecular formula is C12H22F3N3O3S. The number of alkyl halides is 3. The van der Waals surface area contributed by atoms with E-state index in [1.165, 1.54) is 0 Å². The van der Waals surface area contributed by atoms with E-state index in [2.05, 4.69) is 4.90 Å². The van der Waals surface area contributed by atoms with Gasteiger partial charge >= 0.3 is 6.18 Å². The Morgan fingerprint density at radius 3 is 2.18 bits per heavy atom. The molecule has 0 atom stereocenters. The lowest BCUT2D eigenvalue weighted by Gasteiger charge is -2.39. The molecule has 0 saturated carbocycles. The van der Waals surface area contributed by atoms with Crippen LogP contribution in [0.25, 0.3) is 0 Å². The number of piperidine rings is 1. The van der Waals surface area contributed by atoms with Gasteiger partial charge in [-0.05, 0) is 39.8 Å². The van der Waals surface area contributed by atoms with Crippen LogP contribution in [0.5, 0.6) is 0 Å². The predicted octanol–water partition coefficient (Wildman–Crippen LogP) is 0.539. The van der Waals surface area contributed by atoms with Crippen molar-refractivity contribution in [3.63, 3.8) is 0 Å². The smallest absolute Gasteiger partial charge is 0.369 e. The number of rotatable bonds is 6. The number of nitrogens with two attached hydrogens (primary N) is 1. The summed E-state index contributed by atoms with van der Waals surface area (Å²) in [6, 6.07) is -0.514. The fraction of sp³-hybridized carbons (Fsp3) is 0.917. The first-order valence-corrected chi connectivity index (χ1v) is 8.62. The van der Waals surface area contributed by atoms with Gasteiger partial charge in [0, 0.05) is 12.1 Å². The Kier molecular flexibility index (Phi) is 6.22. The molecule has 1 rings (SSSR count). The molecule has 6 nitrogen and oxygen atoms in total. The molecule has 0 aromatic heterocycles. The summed E-state index contributed by atoms with van der Waals surface area (Å²) in [5.74, 6) is -2.26. The Morgan fingerprint density at radius 1 is 1.32 bits per heavy atom. The number of carbonyl (C=O) groups excluding carboxylic acids is 1. The van der Waals surface area contributed by atoms with Crippen molar-refractivity contribution < 1.29 is 26.4 Å². The van der Waals surface area contributed by atoms with Crippen LogP contribution in [0.4, 0.5) is 13.2 Å². The molecule has 1 aliphatic rings. The maximum absolute atomic E-state index is 12.7. The summed E-state index contributed by atoms with van der Waals surface area (Å²) in [6.45, 7) is 3.38. The molecule has 130 valence electrons. The van der Waals surface area contributed by atoms with Crippen LogP contribution in [0, 0.1) is 0 Å². The standard InChI is InChI=1S/C12H22F3N3O3S/c1-9(2)17-5-3-10(4-6-17)18(8-12(13,14)15)22(20,21)7-11(16)19/h9-10H,3-8H2,1-2H3,(H2,16,19). The molecule has 10 heteroatoms. The van der Waals surface area contributed by atoms with E-state index in [1.54, 1.807) is 0 Å². The first kappa shape index (κ1) is 19.2. The van der Waals surface area contributed by atoms with Gasteiger partial charge in [-0.3, -0.25) is 4.79 Å². The number of hydrogen-bond donors (Lipinski definition) is 1. The Labute approximate surface area is 128 Å². The van der Waals surface area contributed by atoms with Crippen molar-refractivity contribution in [3.05, 3.63) is 0 Å². The third-order valence-corrected chi connectivity index (χ3v) is 5.44. The van der Waals surface area contributed by atoms with E-state index in [9.17, 15) is 26.4 Å². The molecule has 0 bridgehead atoms. The lowest BCUT2D eigenvalue weighted by Crippen LogP contribution is -2.52. The summed E-state index contributed by atoms with van der Waals surface area (Å²) in [7, 11) is -4.37. The van der Waals surface area contributed by atoms with Gasteiger partial charge in [-0.1, -0.05) is 0 Å². The average Bonchev–Trinajstić information content (AvgIpc) is 2.33. The van der Waals surface area contributed by atoms with E-state index in [1.807, 2.05) is 13.8 Å². The van der Waals surface area contributed by atoms with Gasteiger partial charge in [-0.2, -0.15) is 17.5 Å². The maximum Gasteiger partial charge on any atom is 0.402 e. The van der Waals surface area contributed by atoms with Gasteiger partial charge in [0.25, 0.3) is 0 Å². The van der Waals surface area contributed by atoms with Crippen molar-refractivity contribution in [1.82, 2.24) is 9.21 Å². The van der Waals surface area contributed by atoms with Gasteiger partial charge in [0.05, 0.1) is 0 Å². The monoisotopic (exact) mass is 345 g/mol. The van der Waals surface area contributed by atoms with Crippen LogP contribution in [-0.4, -0.2) is 67.2 Å². The van der Waals surface area contributed by atoms with Gasteiger partial charge in [-0.15, -0.1) is 0 Å². The van der Waals surface area contributed by atoms with Crippen molar-refractivity contribution in [2.45, 2.75) is 44.9 Å². The second-order valence-corrected chi connectivity index (χ2v) is 7.67. The molecule has 22 heavy (non-hydrogen) atoms. The van der Waals surface area contributed by atoms with Gasteiger partial charge in [0.15, 0.2) is 0 Å². The Morgan fingerprint density at radius 2 is 1.82 bits per heavy atom. The first-order valence-electron chi connectivity index (χ1n) is 7.01. The van der Waals surface area contributed by atoms with Crippen LogP contribution in [0.1, 0.15) is 26.7 Å². The zero-order valence-electron chi connectivity index (χ0n) is 12.6. The highest BCUT2D eigenvalue weighted by molar-refractivity contribution is 7.89.